The molecule has 0 aliphatic carbocycles. The SMILES string of the molecule is CCOC(=O)Cc1ccnc([N+](=O)[O-])c1Cl. The van der Waals surface area contributed by atoms with Crippen LogP contribution >= 0.6 is 11.6 Å². The summed E-state index contributed by atoms with van der Waals surface area (Å²) in [6, 6.07) is 1.45. The topological polar surface area (TPSA) is 82.3 Å². The van der Waals surface area contributed by atoms with Crippen LogP contribution in [0.15, 0.2) is 12.3 Å². The summed E-state index contributed by atoms with van der Waals surface area (Å²) in [4.78, 5) is 24.5. The number of ether oxygens (including phenoxy) is 1. The van der Waals surface area contributed by atoms with E-state index >= 15 is 0 Å². The van der Waals surface area contributed by atoms with Crippen molar-refractivity contribution in [3.05, 3.63) is 33.0 Å². The van der Waals surface area contributed by atoms with Crippen LogP contribution in [0.5, 0.6) is 0 Å². The Morgan fingerprint density at radius 3 is 2.94 bits per heavy atom. The van der Waals surface area contributed by atoms with Gasteiger partial charge >= 0.3 is 11.8 Å². The van der Waals surface area contributed by atoms with E-state index in [1.54, 1.807) is 6.92 Å². The summed E-state index contributed by atoms with van der Waals surface area (Å²) in [5.41, 5.74) is 0.335. The van der Waals surface area contributed by atoms with E-state index in [4.69, 9.17) is 16.3 Å². The first-order chi connectivity index (χ1) is 7.56. The largest absolute Gasteiger partial charge is 0.466 e. The maximum atomic E-state index is 11.2. The van der Waals surface area contributed by atoms with Crippen LogP contribution in [0, 0.1) is 10.1 Å². The van der Waals surface area contributed by atoms with Crippen LogP contribution in [0.4, 0.5) is 5.82 Å². The third-order valence-corrected chi connectivity index (χ3v) is 2.18. The minimum absolute atomic E-state index is 0.101. The van der Waals surface area contributed by atoms with Crippen molar-refractivity contribution >= 4 is 23.4 Å². The van der Waals surface area contributed by atoms with Gasteiger partial charge in [-0.25, -0.2) is 0 Å². The Bertz CT molecular complexity index is 422. The van der Waals surface area contributed by atoms with E-state index in [9.17, 15) is 14.9 Å². The number of pyridine rings is 1. The molecule has 1 aromatic rings. The van der Waals surface area contributed by atoms with Gasteiger partial charge in [-0.05, 0) is 28.5 Å². The van der Waals surface area contributed by atoms with Crippen LogP contribution in [-0.4, -0.2) is 22.5 Å². The normalized spacial score (nSPS) is 9.88. The molecule has 86 valence electrons. The number of nitrogens with zero attached hydrogens (tertiary/aromatic N) is 2. The van der Waals surface area contributed by atoms with Gasteiger partial charge in [0, 0.05) is 0 Å². The molecule has 0 saturated carbocycles. The van der Waals surface area contributed by atoms with Crippen LogP contribution in [0.3, 0.4) is 0 Å². The zero-order valence-corrected chi connectivity index (χ0v) is 9.23. The van der Waals surface area contributed by atoms with Crippen LogP contribution < -0.4 is 0 Å². The fourth-order valence-corrected chi connectivity index (χ4v) is 1.35. The van der Waals surface area contributed by atoms with Gasteiger partial charge < -0.3 is 14.9 Å². The van der Waals surface area contributed by atoms with Crippen molar-refractivity contribution < 1.29 is 14.5 Å². The average Bonchev–Trinajstić information content (AvgIpc) is 2.21. The van der Waals surface area contributed by atoms with E-state index in [1.165, 1.54) is 12.3 Å². The van der Waals surface area contributed by atoms with E-state index in [0.717, 1.165) is 0 Å². The van der Waals surface area contributed by atoms with Crippen LogP contribution in [0.2, 0.25) is 5.02 Å². The molecule has 0 radical (unpaired) electrons. The van der Waals surface area contributed by atoms with Gasteiger partial charge in [0.15, 0.2) is 0 Å². The summed E-state index contributed by atoms with van der Waals surface area (Å²) in [5, 5.41) is 10.4. The molecular weight excluding hydrogens is 236 g/mol. The van der Waals surface area contributed by atoms with E-state index in [-0.39, 0.29) is 18.1 Å². The van der Waals surface area contributed by atoms with Gasteiger partial charge in [-0.15, -0.1) is 0 Å². The monoisotopic (exact) mass is 244 g/mol. The van der Waals surface area contributed by atoms with Gasteiger partial charge in [0.1, 0.15) is 11.2 Å². The predicted octanol–water partition coefficient (Wildman–Crippen LogP) is 1.75. The Morgan fingerprint density at radius 1 is 1.69 bits per heavy atom. The molecule has 0 aliphatic heterocycles. The van der Waals surface area contributed by atoms with Crippen molar-refractivity contribution in [1.29, 1.82) is 0 Å². The first kappa shape index (κ1) is 12.4. The van der Waals surface area contributed by atoms with Gasteiger partial charge in [-0.3, -0.25) is 4.79 Å². The van der Waals surface area contributed by atoms with Gasteiger partial charge in [-0.1, -0.05) is 11.6 Å². The quantitative estimate of drug-likeness (QED) is 0.458. The molecule has 0 saturated heterocycles. The predicted molar refractivity (Wildman–Crippen MR) is 56.2 cm³/mol. The minimum atomic E-state index is -0.697. The maximum Gasteiger partial charge on any atom is 0.382 e. The molecule has 1 heterocycles. The number of carbonyl (C=O) groups excluding carboxylic acids is 1. The molecule has 0 amide bonds. The van der Waals surface area contributed by atoms with Gasteiger partial charge in [0.2, 0.25) is 0 Å². The minimum Gasteiger partial charge on any atom is -0.466 e. The highest BCUT2D eigenvalue weighted by molar-refractivity contribution is 6.33. The molecule has 0 aromatic carbocycles. The fourth-order valence-electron chi connectivity index (χ4n) is 1.10. The number of hydrogen-bond donors (Lipinski definition) is 0. The molecule has 1 aromatic heterocycles. The smallest absolute Gasteiger partial charge is 0.382 e. The molecule has 0 aliphatic rings. The molecule has 0 atom stereocenters. The number of esters is 1. The standard InChI is InChI=1S/C9H9ClN2O4/c1-2-16-7(13)5-6-3-4-11-9(8(6)10)12(14)15/h3-4H,2,5H2,1H3. The lowest BCUT2D eigenvalue weighted by Crippen LogP contribution is -2.08. The maximum absolute atomic E-state index is 11.2. The third kappa shape index (κ3) is 2.90. The summed E-state index contributed by atoms with van der Waals surface area (Å²) in [7, 11) is 0. The van der Waals surface area contributed by atoms with Crippen molar-refractivity contribution in [2.45, 2.75) is 13.3 Å². The number of nitro groups is 1. The van der Waals surface area contributed by atoms with E-state index in [0.29, 0.717) is 5.56 Å². The second-order valence-electron chi connectivity index (χ2n) is 2.85. The van der Waals surface area contributed by atoms with Crippen molar-refractivity contribution in [2.75, 3.05) is 6.61 Å². The lowest BCUT2D eigenvalue weighted by Gasteiger charge is -2.03. The summed E-state index contributed by atoms with van der Waals surface area (Å²) in [6.07, 6.45) is 1.13. The third-order valence-electron chi connectivity index (χ3n) is 1.76. The fraction of sp³-hybridized carbons (Fsp3) is 0.333. The zero-order chi connectivity index (χ0) is 12.1. The zero-order valence-electron chi connectivity index (χ0n) is 8.47. The Labute approximate surface area is 96.3 Å². The molecule has 0 bridgehead atoms. The second-order valence-corrected chi connectivity index (χ2v) is 3.22. The van der Waals surface area contributed by atoms with E-state index in [2.05, 4.69) is 4.98 Å². The molecule has 1 rings (SSSR count). The lowest BCUT2D eigenvalue weighted by atomic mass is 10.2. The van der Waals surface area contributed by atoms with Crippen LogP contribution in [0.1, 0.15) is 12.5 Å². The van der Waals surface area contributed by atoms with Gasteiger partial charge in [0.05, 0.1) is 13.0 Å². The highest BCUT2D eigenvalue weighted by Crippen LogP contribution is 2.25. The molecule has 0 spiro atoms. The summed E-state index contributed by atoms with van der Waals surface area (Å²) >= 11 is 5.74. The van der Waals surface area contributed by atoms with Crippen molar-refractivity contribution in [3.63, 3.8) is 0 Å². The Kier molecular flexibility index (Phi) is 4.19. The number of aromatic nitrogens is 1. The molecule has 7 heteroatoms. The Hall–Kier alpha value is -1.69. The molecule has 0 fully saturated rings. The summed E-state index contributed by atoms with van der Waals surface area (Å²) in [6.45, 7) is 1.93. The molecule has 6 nitrogen and oxygen atoms in total. The number of rotatable bonds is 4. The number of halogens is 1. The van der Waals surface area contributed by atoms with Gasteiger partial charge in [-0.2, -0.15) is 0 Å². The molecule has 0 N–H and O–H groups in total. The van der Waals surface area contributed by atoms with Crippen molar-refractivity contribution in [2.24, 2.45) is 0 Å². The lowest BCUT2D eigenvalue weighted by molar-refractivity contribution is -0.389. The summed E-state index contributed by atoms with van der Waals surface area (Å²) in [5.74, 6) is -0.937. The molecular formula is C9H9ClN2O4. The van der Waals surface area contributed by atoms with E-state index < -0.39 is 16.7 Å². The number of hydrogen-bond acceptors (Lipinski definition) is 5. The van der Waals surface area contributed by atoms with Gasteiger partial charge in [0.25, 0.3) is 0 Å². The summed E-state index contributed by atoms with van der Waals surface area (Å²) < 4.78 is 4.71. The van der Waals surface area contributed by atoms with Crippen LogP contribution in [-0.2, 0) is 16.0 Å². The van der Waals surface area contributed by atoms with E-state index in [1.807, 2.05) is 0 Å². The average molecular weight is 245 g/mol. The highest BCUT2D eigenvalue weighted by atomic mass is 35.5. The second kappa shape index (κ2) is 5.41. The molecule has 0 unspecified atom stereocenters. The Morgan fingerprint density at radius 2 is 2.38 bits per heavy atom. The van der Waals surface area contributed by atoms with Crippen molar-refractivity contribution in [1.82, 2.24) is 4.98 Å². The highest BCUT2D eigenvalue weighted by Gasteiger charge is 2.19. The molecule has 16 heavy (non-hydrogen) atoms. The first-order valence-electron chi connectivity index (χ1n) is 4.49. The van der Waals surface area contributed by atoms with Crippen LogP contribution in [0.25, 0.3) is 0 Å². The number of carbonyl (C=O) groups is 1. The first-order valence-corrected chi connectivity index (χ1v) is 4.87. The van der Waals surface area contributed by atoms with Crippen molar-refractivity contribution in [3.8, 4) is 0 Å². The Balaban J connectivity index is 2.93.